The van der Waals surface area contributed by atoms with Crippen LogP contribution in [0, 0.1) is 6.92 Å². The van der Waals surface area contributed by atoms with Gasteiger partial charge in [0.25, 0.3) is 0 Å². The van der Waals surface area contributed by atoms with Crippen LogP contribution >= 0.6 is 11.8 Å². The number of H-pyrrole nitrogens is 1. The Morgan fingerprint density at radius 2 is 2.00 bits per heavy atom. The molecule has 1 aromatic heterocycles. The Labute approximate surface area is 132 Å². The fourth-order valence-corrected chi connectivity index (χ4v) is 3.02. The van der Waals surface area contributed by atoms with Crippen molar-refractivity contribution in [1.82, 2.24) is 9.97 Å². The van der Waals surface area contributed by atoms with E-state index in [-0.39, 0.29) is 5.97 Å². The number of hydrogen-bond acceptors (Lipinski definition) is 4. The number of hydrogen-bond donors (Lipinski definition) is 1. The number of aromatic amines is 1. The largest absolute Gasteiger partial charge is 0.465 e. The summed E-state index contributed by atoms with van der Waals surface area (Å²) in [5.74, 6) is 0.479. The molecule has 1 heterocycles. The first kappa shape index (κ1) is 14.7. The molecule has 22 heavy (non-hydrogen) atoms. The second-order valence-electron chi connectivity index (χ2n) is 5.04. The highest BCUT2D eigenvalue weighted by Gasteiger charge is 2.06. The van der Waals surface area contributed by atoms with Crippen molar-refractivity contribution in [3.05, 3.63) is 59.2 Å². The lowest BCUT2D eigenvalue weighted by Gasteiger charge is -2.02. The Bertz CT molecular complexity index is 809. The number of benzene rings is 2. The Hall–Kier alpha value is -2.27. The van der Waals surface area contributed by atoms with Crippen LogP contribution in [0.3, 0.4) is 0 Å². The number of ether oxygens (including phenoxy) is 1. The average Bonchev–Trinajstić information content (AvgIpc) is 2.94. The molecule has 0 bridgehead atoms. The number of rotatable bonds is 4. The second-order valence-corrected chi connectivity index (χ2v) is 6.00. The van der Waals surface area contributed by atoms with Gasteiger partial charge in [-0.3, -0.25) is 0 Å². The first-order valence-corrected chi connectivity index (χ1v) is 7.91. The van der Waals surface area contributed by atoms with Gasteiger partial charge < -0.3 is 9.72 Å². The van der Waals surface area contributed by atoms with E-state index in [1.165, 1.54) is 12.7 Å². The molecule has 2 aromatic carbocycles. The number of aromatic nitrogens is 2. The van der Waals surface area contributed by atoms with Gasteiger partial charge in [0.05, 0.1) is 23.7 Å². The van der Waals surface area contributed by atoms with Crippen molar-refractivity contribution in [3.8, 4) is 0 Å². The number of methoxy groups -OCH3 is 1. The molecule has 0 fully saturated rings. The first-order valence-electron chi connectivity index (χ1n) is 6.92. The van der Waals surface area contributed by atoms with Crippen LogP contribution in [0.4, 0.5) is 0 Å². The molecule has 0 amide bonds. The zero-order chi connectivity index (χ0) is 15.5. The molecule has 0 radical (unpaired) electrons. The lowest BCUT2D eigenvalue weighted by Crippen LogP contribution is -2.00. The minimum atomic E-state index is -0.313. The predicted octanol–water partition coefficient (Wildman–Crippen LogP) is 3.95. The summed E-state index contributed by atoms with van der Waals surface area (Å²) in [6.45, 7) is 2.07. The summed E-state index contributed by atoms with van der Waals surface area (Å²) >= 11 is 1.64. The molecule has 0 atom stereocenters. The molecule has 0 spiro atoms. The van der Waals surface area contributed by atoms with Gasteiger partial charge in [-0.05, 0) is 42.3 Å². The summed E-state index contributed by atoms with van der Waals surface area (Å²) in [5.41, 5.74) is 4.95. The van der Waals surface area contributed by atoms with Crippen molar-refractivity contribution in [2.45, 2.75) is 17.8 Å². The van der Waals surface area contributed by atoms with Crippen molar-refractivity contribution in [2.24, 2.45) is 0 Å². The number of carbonyl (C=O) groups is 1. The number of thioether (sulfide) groups is 1. The molecule has 112 valence electrons. The second kappa shape index (κ2) is 6.23. The molecule has 0 saturated heterocycles. The van der Waals surface area contributed by atoms with Crippen LogP contribution in [0.2, 0.25) is 0 Å². The normalized spacial score (nSPS) is 10.8. The maximum atomic E-state index is 11.4. The maximum absolute atomic E-state index is 11.4. The van der Waals surface area contributed by atoms with Crippen molar-refractivity contribution in [1.29, 1.82) is 0 Å². The molecular weight excluding hydrogens is 296 g/mol. The molecule has 0 aliphatic heterocycles. The van der Waals surface area contributed by atoms with Crippen molar-refractivity contribution >= 4 is 28.8 Å². The molecule has 3 aromatic rings. The number of esters is 1. The van der Waals surface area contributed by atoms with Crippen molar-refractivity contribution in [3.63, 3.8) is 0 Å². The molecule has 0 aliphatic rings. The first-order chi connectivity index (χ1) is 10.7. The van der Waals surface area contributed by atoms with Gasteiger partial charge in [-0.2, -0.15) is 0 Å². The van der Waals surface area contributed by atoms with Gasteiger partial charge in [-0.1, -0.05) is 30.0 Å². The molecule has 5 heteroatoms. The molecule has 0 saturated carbocycles. The highest BCUT2D eigenvalue weighted by Crippen LogP contribution is 2.23. The van der Waals surface area contributed by atoms with E-state index in [2.05, 4.69) is 33.8 Å². The number of nitrogens with one attached hydrogen (secondary N) is 1. The number of imidazole rings is 1. The van der Waals surface area contributed by atoms with Crippen LogP contribution in [-0.4, -0.2) is 23.0 Å². The predicted molar refractivity (Wildman–Crippen MR) is 88.2 cm³/mol. The number of aryl methyl sites for hydroxylation is 1. The van der Waals surface area contributed by atoms with E-state index in [1.54, 1.807) is 23.9 Å². The lowest BCUT2D eigenvalue weighted by molar-refractivity contribution is 0.0600. The standard InChI is InChI=1S/C17H16N2O2S/c1-11-3-8-14-15(9-11)19-17(18-14)22-10-12-4-6-13(7-5-12)16(20)21-2/h3-9H,10H2,1-2H3,(H,18,19). The Morgan fingerprint density at radius 3 is 2.73 bits per heavy atom. The highest BCUT2D eigenvalue weighted by atomic mass is 32.2. The van der Waals surface area contributed by atoms with E-state index in [0.29, 0.717) is 5.56 Å². The summed E-state index contributed by atoms with van der Waals surface area (Å²) in [5, 5.41) is 0.901. The van der Waals surface area contributed by atoms with E-state index in [4.69, 9.17) is 0 Å². The minimum Gasteiger partial charge on any atom is -0.465 e. The van der Waals surface area contributed by atoms with Crippen LogP contribution in [0.15, 0.2) is 47.6 Å². The van der Waals surface area contributed by atoms with Gasteiger partial charge in [-0.25, -0.2) is 9.78 Å². The molecule has 0 aliphatic carbocycles. The topological polar surface area (TPSA) is 55.0 Å². The maximum Gasteiger partial charge on any atom is 0.337 e. The van der Waals surface area contributed by atoms with Gasteiger partial charge in [-0.15, -0.1) is 0 Å². The minimum absolute atomic E-state index is 0.313. The third-order valence-electron chi connectivity index (χ3n) is 3.37. The van der Waals surface area contributed by atoms with E-state index < -0.39 is 0 Å². The summed E-state index contributed by atoms with van der Waals surface area (Å²) in [7, 11) is 1.38. The van der Waals surface area contributed by atoms with E-state index in [9.17, 15) is 4.79 Å². The van der Waals surface area contributed by atoms with Gasteiger partial charge in [0.15, 0.2) is 5.16 Å². The SMILES string of the molecule is COC(=O)c1ccc(CSc2nc3ccc(C)cc3[nH]2)cc1. The van der Waals surface area contributed by atoms with Gasteiger partial charge in [0.1, 0.15) is 0 Å². The molecular formula is C17H16N2O2S. The fourth-order valence-electron chi connectivity index (χ4n) is 2.18. The zero-order valence-corrected chi connectivity index (χ0v) is 13.2. The Morgan fingerprint density at radius 1 is 1.23 bits per heavy atom. The number of nitrogens with zero attached hydrogens (tertiary/aromatic N) is 1. The quantitative estimate of drug-likeness (QED) is 0.585. The monoisotopic (exact) mass is 312 g/mol. The van der Waals surface area contributed by atoms with Gasteiger partial charge >= 0.3 is 5.97 Å². The molecule has 3 rings (SSSR count). The third kappa shape index (κ3) is 3.14. The molecule has 4 nitrogen and oxygen atoms in total. The van der Waals surface area contributed by atoms with E-state index in [1.807, 2.05) is 18.2 Å². The Balaban J connectivity index is 1.69. The smallest absolute Gasteiger partial charge is 0.337 e. The van der Waals surface area contributed by atoms with Gasteiger partial charge in [0, 0.05) is 5.75 Å². The van der Waals surface area contributed by atoms with E-state index >= 15 is 0 Å². The van der Waals surface area contributed by atoms with Crippen LogP contribution in [0.25, 0.3) is 11.0 Å². The highest BCUT2D eigenvalue weighted by molar-refractivity contribution is 7.98. The lowest BCUT2D eigenvalue weighted by atomic mass is 10.1. The third-order valence-corrected chi connectivity index (χ3v) is 4.31. The summed E-state index contributed by atoms with van der Waals surface area (Å²) in [4.78, 5) is 19.3. The molecule has 0 unspecified atom stereocenters. The molecule has 1 N–H and O–H groups in total. The van der Waals surface area contributed by atoms with Crippen LogP contribution in [0.1, 0.15) is 21.5 Å². The number of carbonyl (C=O) groups excluding carboxylic acids is 1. The summed E-state index contributed by atoms with van der Waals surface area (Å²) in [6, 6.07) is 13.6. The fraction of sp³-hybridized carbons (Fsp3) is 0.176. The summed E-state index contributed by atoms with van der Waals surface area (Å²) in [6.07, 6.45) is 0. The van der Waals surface area contributed by atoms with Gasteiger partial charge in [0.2, 0.25) is 0 Å². The van der Waals surface area contributed by atoms with Crippen LogP contribution < -0.4 is 0 Å². The van der Waals surface area contributed by atoms with E-state index in [0.717, 1.165) is 27.5 Å². The average molecular weight is 312 g/mol. The summed E-state index contributed by atoms with van der Waals surface area (Å²) < 4.78 is 4.69. The van der Waals surface area contributed by atoms with Crippen LogP contribution in [-0.2, 0) is 10.5 Å². The Kier molecular flexibility index (Phi) is 4.15. The van der Waals surface area contributed by atoms with Crippen molar-refractivity contribution in [2.75, 3.05) is 7.11 Å². The van der Waals surface area contributed by atoms with Crippen LogP contribution in [0.5, 0.6) is 0 Å². The number of fused-ring (bicyclic) bond motifs is 1. The zero-order valence-electron chi connectivity index (χ0n) is 12.4. The van der Waals surface area contributed by atoms with Crippen molar-refractivity contribution < 1.29 is 9.53 Å².